The molecule has 1 aromatic heterocycles. The van der Waals surface area contributed by atoms with Crippen LogP contribution in [0.2, 0.25) is 0 Å². The molecule has 0 N–H and O–H groups in total. The summed E-state index contributed by atoms with van der Waals surface area (Å²) < 4.78 is 44.0. The Morgan fingerprint density at radius 1 is 1.25 bits per heavy atom. The number of amides is 1. The average Bonchev–Trinajstić information content (AvgIpc) is 2.54. The molecule has 1 saturated heterocycles. The van der Waals surface area contributed by atoms with Gasteiger partial charge in [0, 0.05) is 46.3 Å². The molecule has 0 radical (unpaired) electrons. The molecule has 24 heavy (non-hydrogen) atoms. The summed E-state index contributed by atoms with van der Waals surface area (Å²) >= 11 is 0. The van der Waals surface area contributed by atoms with E-state index in [2.05, 4.69) is 9.97 Å². The maximum atomic E-state index is 13.0. The fourth-order valence-electron chi connectivity index (χ4n) is 2.24. The number of alkyl halides is 3. The van der Waals surface area contributed by atoms with E-state index >= 15 is 0 Å². The van der Waals surface area contributed by atoms with Crippen molar-refractivity contribution in [3.05, 3.63) is 11.8 Å². The average molecular weight is 347 g/mol. The molecule has 0 spiro atoms. The first-order valence-corrected chi connectivity index (χ1v) is 7.52. The molecule has 0 saturated carbocycles. The second kappa shape index (κ2) is 7.10. The van der Waals surface area contributed by atoms with Gasteiger partial charge in [-0.2, -0.15) is 18.2 Å². The smallest absolute Gasteiger partial charge is 0.433 e. The minimum atomic E-state index is -4.55. The van der Waals surface area contributed by atoms with Crippen molar-refractivity contribution < 1.29 is 22.7 Å². The number of hydrogen-bond donors (Lipinski definition) is 0. The van der Waals surface area contributed by atoms with E-state index < -0.39 is 18.0 Å². The van der Waals surface area contributed by atoms with E-state index in [-0.39, 0.29) is 18.4 Å². The number of hydrogen-bond acceptors (Lipinski definition) is 6. The maximum absolute atomic E-state index is 13.0. The molecule has 2 rings (SSSR count). The number of piperazine rings is 1. The van der Waals surface area contributed by atoms with Crippen molar-refractivity contribution in [3.8, 4) is 0 Å². The van der Waals surface area contributed by atoms with Gasteiger partial charge in [0.1, 0.15) is 5.82 Å². The van der Waals surface area contributed by atoms with Crippen LogP contribution >= 0.6 is 0 Å². The van der Waals surface area contributed by atoms with Gasteiger partial charge < -0.3 is 19.4 Å². The van der Waals surface area contributed by atoms with E-state index in [4.69, 9.17) is 4.74 Å². The Bertz CT molecular complexity index is 586. The first-order chi connectivity index (χ1) is 11.2. The van der Waals surface area contributed by atoms with E-state index in [0.29, 0.717) is 26.2 Å². The van der Waals surface area contributed by atoms with Crippen molar-refractivity contribution in [1.29, 1.82) is 0 Å². The number of halogens is 3. The van der Waals surface area contributed by atoms with Crippen molar-refractivity contribution in [2.45, 2.75) is 13.1 Å². The van der Waals surface area contributed by atoms with E-state index in [1.165, 1.54) is 9.80 Å². The third-order valence-corrected chi connectivity index (χ3v) is 3.54. The largest absolute Gasteiger partial charge is 0.450 e. The van der Waals surface area contributed by atoms with Crippen LogP contribution in [0.1, 0.15) is 12.6 Å². The Balaban J connectivity index is 2.18. The number of carbonyl (C=O) groups excluding carboxylic acids is 1. The highest BCUT2D eigenvalue weighted by Crippen LogP contribution is 2.31. The number of nitrogens with zero attached hydrogens (tertiary/aromatic N) is 5. The molecular formula is C14H20F3N5O2. The Hall–Kier alpha value is -2.26. The van der Waals surface area contributed by atoms with Gasteiger partial charge in [-0.05, 0) is 6.92 Å². The highest BCUT2D eigenvalue weighted by molar-refractivity contribution is 5.68. The van der Waals surface area contributed by atoms with Gasteiger partial charge in [-0.1, -0.05) is 0 Å². The number of rotatable bonds is 3. The number of anilines is 2. The fraction of sp³-hybridized carbons (Fsp3) is 0.643. The predicted molar refractivity (Wildman–Crippen MR) is 82.2 cm³/mol. The molecule has 1 amide bonds. The first kappa shape index (κ1) is 18.1. The molecule has 2 heterocycles. The zero-order chi connectivity index (χ0) is 17.9. The first-order valence-electron chi connectivity index (χ1n) is 7.52. The van der Waals surface area contributed by atoms with Crippen LogP contribution in [0.25, 0.3) is 0 Å². The molecule has 0 atom stereocenters. The van der Waals surface area contributed by atoms with Crippen LogP contribution in [0, 0.1) is 0 Å². The van der Waals surface area contributed by atoms with Crippen LogP contribution < -0.4 is 9.80 Å². The molecular weight excluding hydrogens is 327 g/mol. The summed E-state index contributed by atoms with van der Waals surface area (Å²) in [5.74, 6) is 0.192. The van der Waals surface area contributed by atoms with Gasteiger partial charge in [0.2, 0.25) is 5.95 Å². The zero-order valence-corrected chi connectivity index (χ0v) is 13.8. The van der Waals surface area contributed by atoms with E-state index in [0.717, 1.165) is 6.07 Å². The van der Waals surface area contributed by atoms with Crippen LogP contribution in [0.15, 0.2) is 6.07 Å². The third-order valence-electron chi connectivity index (χ3n) is 3.54. The summed E-state index contributed by atoms with van der Waals surface area (Å²) in [6, 6.07) is 0.915. The van der Waals surface area contributed by atoms with Crippen molar-refractivity contribution >= 4 is 17.9 Å². The predicted octanol–water partition coefficient (Wildman–Crippen LogP) is 1.84. The standard InChI is InChI=1S/C14H20F3N5O2/c1-4-24-13(23)22-7-5-21(6-8-22)12-18-10(14(15,16)17)9-11(19-12)20(2)3/h9H,4-8H2,1-3H3. The van der Waals surface area contributed by atoms with Gasteiger partial charge in [-0.15, -0.1) is 0 Å². The van der Waals surface area contributed by atoms with Gasteiger partial charge in [-0.25, -0.2) is 9.78 Å². The Labute approximate surface area is 138 Å². The monoisotopic (exact) mass is 347 g/mol. The second-order valence-corrected chi connectivity index (χ2v) is 5.48. The third kappa shape index (κ3) is 4.18. The van der Waals surface area contributed by atoms with Crippen LogP contribution in [-0.4, -0.2) is 67.8 Å². The summed E-state index contributed by atoms with van der Waals surface area (Å²) in [7, 11) is 3.23. The summed E-state index contributed by atoms with van der Waals surface area (Å²) in [5.41, 5.74) is -0.982. The lowest BCUT2D eigenvalue weighted by Gasteiger charge is -2.34. The second-order valence-electron chi connectivity index (χ2n) is 5.48. The fourth-order valence-corrected chi connectivity index (χ4v) is 2.24. The Morgan fingerprint density at radius 3 is 2.38 bits per heavy atom. The van der Waals surface area contributed by atoms with Crippen LogP contribution in [-0.2, 0) is 10.9 Å². The van der Waals surface area contributed by atoms with Gasteiger partial charge in [0.05, 0.1) is 6.61 Å². The molecule has 0 aromatic carbocycles. The topological polar surface area (TPSA) is 61.8 Å². The summed E-state index contributed by atoms with van der Waals surface area (Å²) in [4.78, 5) is 24.1. The maximum Gasteiger partial charge on any atom is 0.433 e. The molecule has 10 heteroatoms. The molecule has 1 aliphatic rings. The molecule has 1 aromatic rings. The summed E-state index contributed by atoms with van der Waals surface area (Å²) in [6.07, 6.45) is -4.97. The van der Waals surface area contributed by atoms with Crippen molar-refractivity contribution in [3.63, 3.8) is 0 Å². The van der Waals surface area contributed by atoms with Crippen LogP contribution in [0.5, 0.6) is 0 Å². The number of ether oxygens (including phenoxy) is 1. The van der Waals surface area contributed by atoms with Crippen LogP contribution in [0.3, 0.4) is 0 Å². The molecule has 7 nitrogen and oxygen atoms in total. The van der Waals surface area contributed by atoms with Crippen molar-refractivity contribution in [2.75, 3.05) is 56.7 Å². The summed E-state index contributed by atoms with van der Waals surface area (Å²) in [5, 5.41) is 0. The summed E-state index contributed by atoms with van der Waals surface area (Å²) in [6.45, 7) is 3.36. The Kier molecular flexibility index (Phi) is 5.35. The molecule has 1 fully saturated rings. The lowest BCUT2D eigenvalue weighted by Crippen LogP contribution is -2.49. The van der Waals surface area contributed by atoms with E-state index in [9.17, 15) is 18.0 Å². The SMILES string of the molecule is CCOC(=O)N1CCN(c2nc(N(C)C)cc(C(F)(F)F)n2)CC1. The molecule has 134 valence electrons. The quantitative estimate of drug-likeness (QED) is 0.832. The lowest BCUT2D eigenvalue weighted by atomic mass is 10.3. The van der Waals surface area contributed by atoms with E-state index in [1.54, 1.807) is 25.9 Å². The number of carbonyl (C=O) groups is 1. The van der Waals surface area contributed by atoms with Crippen molar-refractivity contribution in [2.24, 2.45) is 0 Å². The molecule has 0 aliphatic carbocycles. The molecule has 0 unspecified atom stereocenters. The zero-order valence-electron chi connectivity index (χ0n) is 13.8. The van der Waals surface area contributed by atoms with Gasteiger partial charge in [-0.3, -0.25) is 0 Å². The van der Waals surface area contributed by atoms with Crippen molar-refractivity contribution in [1.82, 2.24) is 14.9 Å². The van der Waals surface area contributed by atoms with Gasteiger partial charge in [0.25, 0.3) is 0 Å². The normalized spacial score (nSPS) is 15.4. The lowest BCUT2D eigenvalue weighted by molar-refractivity contribution is -0.141. The highest BCUT2D eigenvalue weighted by Gasteiger charge is 2.35. The Morgan fingerprint density at radius 2 is 1.88 bits per heavy atom. The van der Waals surface area contributed by atoms with E-state index in [1.807, 2.05) is 0 Å². The number of aromatic nitrogens is 2. The van der Waals surface area contributed by atoms with Crippen LogP contribution in [0.4, 0.5) is 29.7 Å². The van der Waals surface area contributed by atoms with Gasteiger partial charge in [0.15, 0.2) is 5.69 Å². The minimum absolute atomic E-state index is 0.0111. The molecule has 0 bridgehead atoms. The van der Waals surface area contributed by atoms with Gasteiger partial charge >= 0.3 is 12.3 Å². The highest BCUT2D eigenvalue weighted by atomic mass is 19.4. The molecule has 1 aliphatic heterocycles. The minimum Gasteiger partial charge on any atom is -0.450 e.